The summed E-state index contributed by atoms with van der Waals surface area (Å²) in [7, 11) is 0. The minimum atomic E-state index is 0.231. The highest BCUT2D eigenvalue weighted by atomic mass is 35.5. The van der Waals surface area contributed by atoms with Crippen LogP contribution in [0.4, 0.5) is 6.01 Å². The third-order valence-electron chi connectivity index (χ3n) is 1.66. The Morgan fingerprint density at radius 3 is 3.00 bits per heavy atom. The topological polar surface area (TPSA) is 63.8 Å². The molecule has 0 aliphatic carbocycles. The van der Waals surface area contributed by atoms with Crippen molar-refractivity contribution in [3.05, 3.63) is 22.0 Å². The summed E-state index contributed by atoms with van der Waals surface area (Å²) in [6.45, 7) is 2.60. The molecular weight excluding hydrogens is 236 g/mol. The normalized spacial score (nSPS) is 10.5. The van der Waals surface area contributed by atoms with Crippen LogP contribution in [-0.4, -0.2) is 15.2 Å². The first kappa shape index (κ1) is 10.4. The number of rotatable bonds is 4. The van der Waals surface area contributed by atoms with Gasteiger partial charge in [-0.25, -0.2) is 4.98 Å². The molecule has 2 aromatic heterocycles. The van der Waals surface area contributed by atoms with Crippen LogP contribution in [0.2, 0.25) is 0 Å². The largest absolute Gasteiger partial charge is 0.407 e. The number of nitrogens with one attached hydrogen (secondary N) is 1. The lowest BCUT2D eigenvalue weighted by Gasteiger charge is -1.95. The molecule has 0 saturated carbocycles. The van der Waals surface area contributed by atoms with Crippen molar-refractivity contribution in [1.29, 1.82) is 0 Å². The first-order chi connectivity index (χ1) is 7.28. The van der Waals surface area contributed by atoms with Crippen LogP contribution in [-0.2, 0) is 12.4 Å². The molecule has 7 heteroatoms. The lowest BCUT2D eigenvalue weighted by Crippen LogP contribution is -1.97. The molecule has 2 rings (SSSR count). The summed E-state index contributed by atoms with van der Waals surface area (Å²) in [6, 6.07) is 0.386. The highest BCUT2D eigenvalue weighted by molar-refractivity contribution is 7.11. The van der Waals surface area contributed by atoms with E-state index < -0.39 is 0 Å². The van der Waals surface area contributed by atoms with E-state index in [4.69, 9.17) is 16.0 Å². The molecule has 2 aromatic rings. The average molecular weight is 245 g/mol. The molecule has 15 heavy (non-hydrogen) atoms. The second kappa shape index (κ2) is 4.59. The van der Waals surface area contributed by atoms with Gasteiger partial charge in [0.2, 0.25) is 5.89 Å². The number of anilines is 1. The molecule has 1 N–H and O–H groups in total. The van der Waals surface area contributed by atoms with E-state index in [1.165, 1.54) is 0 Å². The van der Waals surface area contributed by atoms with Crippen LogP contribution >= 0.6 is 22.9 Å². The fourth-order valence-electron chi connectivity index (χ4n) is 1.03. The van der Waals surface area contributed by atoms with Gasteiger partial charge >= 0.3 is 6.01 Å². The van der Waals surface area contributed by atoms with Gasteiger partial charge in [-0.1, -0.05) is 5.10 Å². The zero-order chi connectivity index (χ0) is 10.7. The van der Waals surface area contributed by atoms with E-state index in [2.05, 4.69) is 20.5 Å². The monoisotopic (exact) mass is 244 g/mol. The molecule has 0 saturated heterocycles. The van der Waals surface area contributed by atoms with Gasteiger partial charge in [-0.3, -0.25) is 0 Å². The summed E-state index contributed by atoms with van der Waals surface area (Å²) in [5.41, 5.74) is 0. The Morgan fingerprint density at radius 2 is 2.40 bits per heavy atom. The number of hydrogen-bond donors (Lipinski definition) is 1. The summed E-state index contributed by atoms with van der Waals surface area (Å²) in [6.07, 6.45) is 1.83. The Hall–Kier alpha value is -1.14. The summed E-state index contributed by atoms with van der Waals surface area (Å²) < 4.78 is 5.18. The average Bonchev–Trinajstić information content (AvgIpc) is 2.83. The number of aryl methyl sites for hydroxylation is 1. The summed E-state index contributed by atoms with van der Waals surface area (Å²) in [5.74, 6) is 0.647. The van der Waals surface area contributed by atoms with E-state index in [-0.39, 0.29) is 5.88 Å². The first-order valence-corrected chi connectivity index (χ1v) is 5.66. The summed E-state index contributed by atoms with van der Waals surface area (Å²) in [5, 5.41) is 11.6. The molecule has 0 aliphatic heterocycles. The van der Waals surface area contributed by atoms with Gasteiger partial charge in [-0.05, 0) is 6.92 Å². The highest BCUT2D eigenvalue weighted by Gasteiger charge is 2.04. The predicted octanol–water partition coefficient (Wildman–Crippen LogP) is 2.19. The molecule has 0 radical (unpaired) electrons. The maximum Gasteiger partial charge on any atom is 0.315 e. The molecule has 0 unspecified atom stereocenters. The number of aromatic nitrogens is 3. The SMILES string of the molecule is Cc1ncc(CNc2nnc(CCl)o2)s1. The zero-order valence-corrected chi connectivity index (χ0v) is 9.60. The van der Waals surface area contributed by atoms with E-state index in [1.54, 1.807) is 11.3 Å². The van der Waals surface area contributed by atoms with Gasteiger partial charge < -0.3 is 9.73 Å². The zero-order valence-electron chi connectivity index (χ0n) is 8.03. The molecule has 0 bridgehead atoms. The van der Waals surface area contributed by atoms with Crippen LogP contribution in [0.1, 0.15) is 15.8 Å². The van der Waals surface area contributed by atoms with E-state index in [1.807, 2.05) is 13.1 Å². The van der Waals surface area contributed by atoms with Gasteiger partial charge in [0.15, 0.2) is 0 Å². The second-order valence-corrected chi connectivity index (χ2v) is 4.42. The fourth-order valence-corrected chi connectivity index (χ4v) is 1.87. The van der Waals surface area contributed by atoms with E-state index in [0.717, 1.165) is 9.88 Å². The van der Waals surface area contributed by atoms with Gasteiger partial charge in [-0.2, -0.15) is 0 Å². The predicted molar refractivity (Wildman–Crippen MR) is 58.0 cm³/mol. The third-order valence-corrected chi connectivity index (χ3v) is 2.81. The molecule has 0 amide bonds. The van der Waals surface area contributed by atoms with E-state index in [0.29, 0.717) is 18.5 Å². The van der Waals surface area contributed by atoms with Crippen molar-refractivity contribution in [3.8, 4) is 0 Å². The van der Waals surface area contributed by atoms with Crippen molar-refractivity contribution >= 4 is 29.0 Å². The molecule has 2 heterocycles. The number of hydrogen-bond acceptors (Lipinski definition) is 6. The number of nitrogens with zero attached hydrogens (tertiary/aromatic N) is 3. The smallest absolute Gasteiger partial charge is 0.315 e. The Morgan fingerprint density at radius 1 is 1.53 bits per heavy atom. The maximum absolute atomic E-state index is 5.53. The molecule has 0 aliphatic rings. The Bertz CT molecular complexity index is 441. The molecule has 0 atom stereocenters. The Labute approximate surface area is 95.5 Å². The quantitative estimate of drug-likeness (QED) is 0.836. The van der Waals surface area contributed by atoms with Crippen LogP contribution in [0.15, 0.2) is 10.6 Å². The van der Waals surface area contributed by atoms with Crippen LogP contribution in [0.5, 0.6) is 0 Å². The van der Waals surface area contributed by atoms with Crippen LogP contribution in [0.25, 0.3) is 0 Å². The second-order valence-electron chi connectivity index (χ2n) is 2.83. The highest BCUT2D eigenvalue weighted by Crippen LogP contribution is 2.14. The van der Waals surface area contributed by atoms with E-state index >= 15 is 0 Å². The molecule has 80 valence electrons. The minimum Gasteiger partial charge on any atom is -0.407 e. The van der Waals surface area contributed by atoms with Gasteiger partial charge in [-0.15, -0.1) is 28.0 Å². The van der Waals surface area contributed by atoms with Gasteiger partial charge in [0.05, 0.1) is 11.6 Å². The lowest BCUT2D eigenvalue weighted by atomic mass is 10.5. The summed E-state index contributed by atoms with van der Waals surface area (Å²) in [4.78, 5) is 5.26. The fraction of sp³-hybridized carbons (Fsp3) is 0.375. The molecule has 5 nitrogen and oxygen atoms in total. The van der Waals surface area contributed by atoms with Crippen molar-refractivity contribution < 1.29 is 4.42 Å². The van der Waals surface area contributed by atoms with Gasteiger partial charge in [0, 0.05) is 11.1 Å². The van der Waals surface area contributed by atoms with Crippen LogP contribution in [0, 0.1) is 6.92 Å². The number of thiazole rings is 1. The van der Waals surface area contributed by atoms with Crippen molar-refractivity contribution in [3.63, 3.8) is 0 Å². The van der Waals surface area contributed by atoms with Gasteiger partial charge in [0.25, 0.3) is 0 Å². The minimum absolute atomic E-state index is 0.231. The van der Waals surface area contributed by atoms with Crippen molar-refractivity contribution in [2.45, 2.75) is 19.3 Å². The molecular formula is C8H9ClN4OS. The number of halogens is 1. The molecule has 0 fully saturated rings. The summed E-state index contributed by atoms with van der Waals surface area (Å²) >= 11 is 7.16. The number of alkyl halides is 1. The maximum atomic E-state index is 5.53. The third kappa shape index (κ3) is 2.66. The van der Waals surface area contributed by atoms with Crippen molar-refractivity contribution in [2.75, 3.05) is 5.32 Å². The van der Waals surface area contributed by atoms with Crippen molar-refractivity contribution in [1.82, 2.24) is 15.2 Å². The molecule has 0 spiro atoms. The molecule has 0 aromatic carbocycles. The lowest BCUT2D eigenvalue weighted by molar-refractivity contribution is 0.525. The Kier molecular flexibility index (Phi) is 3.17. The Balaban J connectivity index is 1.93. The van der Waals surface area contributed by atoms with Crippen LogP contribution in [0.3, 0.4) is 0 Å². The first-order valence-electron chi connectivity index (χ1n) is 4.31. The standard InChI is InChI=1S/C8H9ClN4OS/c1-5-10-3-6(15-5)4-11-8-13-12-7(2-9)14-8/h3H,2,4H2,1H3,(H,11,13). The van der Waals surface area contributed by atoms with Crippen molar-refractivity contribution in [2.24, 2.45) is 0 Å². The van der Waals surface area contributed by atoms with Gasteiger partial charge in [0.1, 0.15) is 5.88 Å². The van der Waals surface area contributed by atoms with Crippen LogP contribution < -0.4 is 5.32 Å². The van der Waals surface area contributed by atoms with E-state index in [9.17, 15) is 0 Å².